The molecule has 0 aliphatic carbocycles. The van der Waals surface area contributed by atoms with Crippen LogP contribution in [0.2, 0.25) is 0 Å². The van der Waals surface area contributed by atoms with E-state index < -0.39 is 0 Å². The standard InChI is InChI=1S/C18H22N2O2.ClH/c1-14(19-2)12-20-18(21)13-22-17-11-7-6-10-16(17)15-8-4-3-5-9-15;/h3-11,14,19H,12-13H2,1-2H3,(H,20,21);1H. The van der Waals surface area contributed by atoms with Crippen molar-refractivity contribution in [1.82, 2.24) is 10.6 Å². The lowest BCUT2D eigenvalue weighted by atomic mass is 10.1. The maximum Gasteiger partial charge on any atom is 0.257 e. The average Bonchev–Trinajstić information content (AvgIpc) is 2.58. The zero-order valence-corrected chi connectivity index (χ0v) is 14.2. The predicted octanol–water partition coefficient (Wildman–Crippen LogP) is 2.88. The molecule has 2 N–H and O–H groups in total. The van der Waals surface area contributed by atoms with Gasteiger partial charge in [0.05, 0.1) is 0 Å². The van der Waals surface area contributed by atoms with E-state index in [1.165, 1.54) is 0 Å². The van der Waals surface area contributed by atoms with Crippen LogP contribution in [0.3, 0.4) is 0 Å². The minimum Gasteiger partial charge on any atom is -0.483 e. The van der Waals surface area contributed by atoms with E-state index in [9.17, 15) is 4.79 Å². The fourth-order valence-electron chi connectivity index (χ4n) is 2.01. The van der Waals surface area contributed by atoms with Gasteiger partial charge in [-0.2, -0.15) is 0 Å². The van der Waals surface area contributed by atoms with Gasteiger partial charge >= 0.3 is 0 Å². The number of benzene rings is 2. The third-order valence-corrected chi connectivity index (χ3v) is 3.43. The number of nitrogens with one attached hydrogen (secondary N) is 2. The van der Waals surface area contributed by atoms with Crippen molar-refractivity contribution in [3.8, 4) is 16.9 Å². The van der Waals surface area contributed by atoms with Crippen LogP contribution in [-0.4, -0.2) is 32.1 Å². The summed E-state index contributed by atoms with van der Waals surface area (Å²) in [4.78, 5) is 11.8. The Bertz CT molecular complexity index is 605. The van der Waals surface area contributed by atoms with Crippen molar-refractivity contribution in [2.45, 2.75) is 13.0 Å². The maximum atomic E-state index is 11.8. The molecule has 1 amide bonds. The second-order valence-electron chi connectivity index (χ2n) is 5.14. The number of likely N-dealkylation sites (N-methyl/N-ethyl adjacent to an activating group) is 1. The second kappa shape index (κ2) is 9.87. The topological polar surface area (TPSA) is 50.4 Å². The van der Waals surface area contributed by atoms with Gasteiger partial charge in [0.2, 0.25) is 0 Å². The van der Waals surface area contributed by atoms with Gasteiger partial charge in [-0.15, -0.1) is 12.4 Å². The van der Waals surface area contributed by atoms with Crippen LogP contribution in [0.1, 0.15) is 6.92 Å². The van der Waals surface area contributed by atoms with Gasteiger partial charge in [0.25, 0.3) is 5.91 Å². The number of hydrogen-bond acceptors (Lipinski definition) is 3. The molecular weight excluding hydrogens is 312 g/mol. The fraction of sp³-hybridized carbons (Fsp3) is 0.278. The number of carbonyl (C=O) groups excluding carboxylic acids is 1. The quantitative estimate of drug-likeness (QED) is 0.818. The largest absolute Gasteiger partial charge is 0.483 e. The monoisotopic (exact) mass is 334 g/mol. The van der Waals surface area contributed by atoms with Crippen molar-refractivity contribution < 1.29 is 9.53 Å². The molecule has 0 saturated carbocycles. The molecule has 0 aliphatic rings. The number of carbonyl (C=O) groups is 1. The predicted molar refractivity (Wildman–Crippen MR) is 96.2 cm³/mol. The molecule has 0 bridgehead atoms. The zero-order chi connectivity index (χ0) is 15.8. The lowest BCUT2D eigenvalue weighted by Crippen LogP contribution is -2.39. The molecule has 1 unspecified atom stereocenters. The number of amides is 1. The Morgan fingerprint density at radius 3 is 2.43 bits per heavy atom. The Hall–Kier alpha value is -2.04. The van der Waals surface area contributed by atoms with E-state index in [4.69, 9.17) is 4.74 Å². The van der Waals surface area contributed by atoms with Crippen LogP contribution in [0.15, 0.2) is 54.6 Å². The first-order chi connectivity index (χ1) is 10.7. The Balaban J connectivity index is 0.00000264. The minimum atomic E-state index is -0.120. The highest BCUT2D eigenvalue weighted by atomic mass is 35.5. The van der Waals surface area contributed by atoms with Crippen molar-refractivity contribution in [1.29, 1.82) is 0 Å². The number of rotatable bonds is 7. The Kier molecular flexibility index (Phi) is 8.16. The molecule has 2 aromatic carbocycles. The van der Waals surface area contributed by atoms with Gasteiger partial charge in [-0.05, 0) is 25.6 Å². The van der Waals surface area contributed by atoms with Gasteiger partial charge in [-0.3, -0.25) is 4.79 Å². The summed E-state index contributed by atoms with van der Waals surface area (Å²) in [5.74, 6) is 0.593. The summed E-state index contributed by atoms with van der Waals surface area (Å²) in [5, 5.41) is 5.91. The van der Waals surface area contributed by atoms with Crippen molar-refractivity contribution >= 4 is 18.3 Å². The van der Waals surface area contributed by atoms with Crippen molar-refractivity contribution in [3.63, 3.8) is 0 Å². The van der Waals surface area contributed by atoms with Gasteiger partial charge < -0.3 is 15.4 Å². The summed E-state index contributed by atoms with van der Waals surface area (Å²) >= 11 is 0. The first kappa shape index (κ1) is 19.0. The highest BCUT2D eigenvalue weighted by Crippen LogP contribution is 2.29. The first-order valence-electron chi connectivity index (χ1n) is 7.42. The molecule has 124 valence electrons. The van der Waals surface area contributed by atoms with Crippen LogP contribution in [0.25, 0.3) is 11.1 Å². The van der Waals surface area contributed by atoms with Crippen molar-refractivity contribution in [2.24, 2.45) is 0 Å². The van der Waals surface area contributed by atoms with Crippen LogP contribution >= 0.6 is 12.4 Å². The van der Waals surface area contributed by atoms with E-state index in [1.54, 1.807) is 0 Å². The van der Waals surface area contributed by atoms with Crippen LogP contribution < -0.4 is 15.4 Å². The summed E-state index contributed by atoms with van der Waals surface area (Å²) < 4.78 is 5.69. The highest BCUT2D eigenvalue weighted by Gasteiger charge is 2.08. The summed E-state index contributed by atoms with van der Waals surface area (Å²) in [7, 11) is 1.86. The number of halogens is 1. The average molecular weight is 335 g/mol. The molecule has 1 atom stereocenters. The van der Waals surface area contributed by atoms with Gasteiger partial charge in [-0.1, -0.05) is 48.5 Å². The van der Waals surface area contributed by atoms with Gasteiger partial charge in [0, 0.05) is 18.2 Å². The zero-order valence-electron chi connectivity index (χ0n) is 13.4. The molecule has 0 spiro atoms. The lowest BCUT2D eigenvalue weighted by molar-refractivity contribution is -0.123. The molecule has 4 nitrogen and oxygen atoms in total. The SMILES string of the molecule is CNC(C)CNC(=O)COc1ccccc1-c1ccccc1.Cl. The normalized spacial score (nSPS) is 11.2. The number of para-hydroxylation sites is 1. The van der Waals surface area contributed by atoms with Crippen LogP contribution in [0, 0.1) is 0 Å². The third kappa shape index (κ3) is 5.93. The van der Waals surface area contributed by atoms with Crippen molar-refractivity contribution in [3.05, 3.63) is 54.6 Å². The fourth-order valence-corrected chi connectivity index (χ4v) is 2.01. The molecule has 23 heavy (non-hydrogen) atoms. The molecule has 0 fully saturated rings. The van der Waals surface area contributed by atoms with Gasteiger partial charge in [0.1, 0.15) is 5.75 Å². The van der Waals surface area contributed by atoms with E-state index in [2.05, 4.69) is 10.6 Å². The third-order valence-electron chi connectivity index (χ3n) is 3.43. The summed E-state index contributed by atoms with van der Waals surface area (Å²) in [6, 6.07) is 18.0. The molecule has 0 aromatic heterocycles. The molecule has 2 rings (SSSR count). The first-order valence-corrected chi connectivity index (χ1v) is 7.42. The van der Waals surface area contributed by atoms with E-state index >= 15 is 0 Å². The lowest BCUT2D eigenvalue weighted by Gasteiger charge is -2.13. The molecule has 0 heterocycles. The highest BCUT2D eigenvalue weighted by molar-refractivity contribution is 5.85. The Morgan fingerprint density at radius 1 is 1.09 bits per heavy atom. The molecule has 0 saturated heterocycles. The van der Waals surface area contributed by atoms with E-state index in [1.807, 2.05) is 68.6 Å². The molecule has 2 aromatic rings. The Labute approximate surface area is 143 Å². The van der Waals surface area contributed by atoms with E-state index in [-0.39, 0.29) is 31.0 Å². The van der Waals surface area contributed by atoms with E-state index in [0.29, 0.717) is 12.3 Å². The van der Waals surface area contributed by atoms with Gasteiger partial charge in [-0.25, -0.2) is 0 Å². The maximum absolute atomic E-state index is 11.8. The molecular formula is C18H23ClN2O2. The second-order valence-corrected chi connectivity index (χ2v) is 5.14. The number of ether oxygens (including phenoxy) is 1. The van der Waals surface area contributed by atoms with Crippen LogP contribution in [0.4, 0.5) is 0 Å². The van der Waals surface area contributed by atoms with Crippen LogP contribution in [-0.2, 0) is 4.79 Å². The van der Waals surface area contributed by atoms with Gasteiger partial charge in [0.15, 0.2) is 6.61 Å². The van der Waals surface area contributed by atoms with Crippen LogP contribution in [0.5, 0.6) is 5.75 Å². The summed E-state index contributed by atoms with van der Waals surface area (Å²) in [6.45, 7) is 2.60. The smallest absolute Gasteiger partial charge is 0.257 e. The summed E-state index contributed by atoms with van der Waals surface area (Å²) in [6.07, 6.45) is 0. The molecule has 5 heteroatoms. The van der Waals surface area contributed by atoms with E-state index in [0.717, 1.165) is 11.1 Å². The van der Waals surface area contributed by atoms with Crippen molar-refractivity contribution in [2.75, 3.05) is 20.2 Å². The number of hydrogen-bond donors (Lipinski definition) is 2. The minimum absolute atomic E-state index is 0. The molecule has 0 aliphatic heterocycles. The Morgan fingerprint density at radius 2 is 1.74 bits per heavy atom. The molecule has 0 radical (unpaired) electrons. The summed E-state index contributed by atoms with van der Waals surface area (Å²) in [5.41, 5.74) is 2.06.